The first kappa shape index (κ1) is 25.2. The van der Waals surface area contributed by atoms with Crippen molar-refractivity contribution in [2.75, 3.05) is 6.54 Å². The molecule has 1 aromatic carbocycles. The molecule has 198 valence electrons. The van der Waals surface area contributed by atoms with Crippen molar-refractivity contribution in [1.82, 2.24) is 5.32 Å². The molecule has 3 aliphatic carbocycles. The number of nitrogens with one attached hydrogen (secondary N) is 1. The Hall–Kier alpha value is -3.42. The maximum Gasteiger partial charge on any atom is 0.417 e. The first-order chi connectivity index (χ1) is 17.2. The second-order valence-corrected chi connectivity index (χ2v) is 9.94. The molecule has 13 heteroatoms. The number of hydrogen-bond acceptors (Lipinski definition) is 9. The van der Waals surface area contributed by atoms with Gasteiger partial charge in [0.2, 0.25) is 5.78 Å². The number of ketones is 2. The van der Waals surface area contributed by atoms with Gasteiger partial charge in [0.25, 0.3) is 5.91 Å². The quantitative estimate of drug-likeness (QED) is 0.274. The zero-order valence-corrected chi connectivity index (χ0v) is 19.2. The van der Waals surface area contributed by atoms with Crippen LogP contribution in [0.3, 0.4) is 0 Å². The number of amides is 1. The van der Waals surface area contributed by atoms with E-state index in [9.17, 15) is 48.0 Å². The van der Waals surface area contributed by atoms with Gasteiger partial charge in [-0.15, -0.1) is 0 Å². The van der Waals surface area contributed by atoms with Crippen LogP contribution in [0.25, 0.3) is 5.76 Å². The number of nitrogens with two attached hydrogens (primary N) is 2. The van der Waals surface area contributed by atoms with E-state index in [-0.39, 0.29) is 12.0 Å². The number of hydrogen-bond donors (Lipinski definition) is 7. The summed E-state index contributed by atoms with van der Waals surface area (Å²) in [6, 6.07) is -1.45. The van der Waals surface area contributed by atoms with Crippen LogP contribution in [0.15, 0.2) is 23.0 Å². The van der Waals surface area contributed by atoms with Crippen molar-refractivity contribution < 1.29 is 48.0 Å². The van der Waals surface area contributed by atoms with E-state index in [4.69, 9.17) is 11.5 Å². The normalized spacial score (nSPS) is 31.8. The topological polar surface area (TPSA) is 196 Å². The third kappa shape index (κ3) is 3.33. The van der Waals surface area contributed by atoms with E-state index >= 15 is 0 Å². The second-order valence-electron chi connectivity index (χ2n) is 9.94. The zero-order chi connectivity index (χ0) is 27.2. The summed E-state index contributed by atoms with van der Waals surface area (Å²) in [7, 11) is 0. The molecule has 37 heavy (non-hydrogen) atoms. The predicted molar refractivity (Wildman–Crippen MR) is 120 cm³/mol. The average Bonchev–Trinajstić information content (AvgIpc) is 3.33. The molecule has 1 heterocycles. The van der Waals surface area contributed by atoms with Crippen LogP contribution in [0.2, 0.25) is 0 Å². The van der Waals surface area contributed by atoms with E-state index in [1.165, 1.54) is 0 Å². The number of primary amides is 1. The maximum atomic E-state index is 14.4. The Morgan fingerprint density at radius 1 is 1.19 bits per heavy atom. The van der Waals surface area contributed by atoms with Crippen LogP contribution in [0.4, 0.5) is 13.2 Å². The first-order valence-electron chi connectivity index (χ1n) is 11.6. The van der Waals surface area contributed by atoms with E-state index in [1.54, 1.807) is 0 Å². The minimum atomic E-state index is -4.87. The van der Waals surface area contributed by atoms with Crippen molar-refractivity contribution >= 4 is 23.2 Å². The molecule has 5 atom stereocenters. The summed E-state index contributed by atoms with van der Waals surface area (Å²) >= 11 is 0. The van der Waals surface area contributed by atoms with Gasteiger partial charge in [-0.25, -0.2) is 0 Å². The Bertz CT molecular complexity index is 1330. The number of aromatic hydroxyl groups is 1. The molecule has 1 aliphatic heterocycles. The van der Waals surface area contributed by atoms with Crippen LogP contribution in [-0.2, 0) is 27.0 Å². The number of fused-ring (bicyclic) bond motifs is 3. The van der Waals surface area contributed by atoms with Crippen molar-refractivity contribution in [3.8, 4) is 5.75 Å². The fraction of sp³-hybridized carbons (Fsp3) is 0.458. The number of phenolic OH excluding ortho intramolecular Hbond substituents is 1. The summed E-state index contributed by atoms with van der Waals surface area (Å²) in [5.74, 6) is -9.56. The number of aliphatic hydroxyl groups excluding tert-OH is 2. The maximum absolute atomic E-state index is 14.4. The highest BCUT2D eigenvalue weighted by Crippen LogP contribution is 2.54. The molecule has 1 saturated heterocycles. The van der Waals surface area contributed by atoms with E-state index in [1.807, 2.05) is 0 Å². The lowest BCUT2D eigenvalue weighted by molar-refractivity contribution is -0.149. The molecule has 1 amide bonds. The van der Waals surface area contributed by atoms with Gasteiger partial charge >= 0.3 is 6.18 Å². The Morgan fingerprint density at radius 3 is 2.43 bits per heavy atom. The van der Waals surface area contributed by atoms with Gasteiger partial charge < -0.3 is 37.2 Å². The minimum Gasteiger partial charge on any atom is -0.508 e. The number of alkyl halides is 3. The number of rotatable bonds is 2. The molecule has 0 spiro atoms. The average molecular weight is 523 g/mol. The van der Waals surface area contributed by atoms with Crippen LogP contribution >= 0.6 is 0 Å². The van der Waals surface area contributed by atoms with Gasteiger partial charge in [-0.3, -0.25) is 14.4 Å². The van der Waals surface area contributed by atoms with Crippen molar-refractivity contribution in [2.45, 2.75) is 49.5 Å². The van der Waals surface area contributed by atoms with Crippen LogP contribution in [-0.4, -0.2) is 56.1 Å². The Morgan fingerprint density at radius 2 is 1.86 bits per heavy atom. The molecule has 1 aromatic rings. The van der Waals surface area contributed by atoms with Gasteiger partial charge in [0, 0.05) is 17.5 Å². The SMILES string of the molecule is NC(=O)C1=C(O)[C@@]2(O)C(=O)C3=C(O)c4c(O)cc(C5CCCN5)c(C(F)(F)F)c4CC3C[C@H]2[C@H](N)C1=O. The summed E-state index contributed by atoms with van der Waals surface area (Å²) in [6.07, 6.45) is -4.69. The highest BCUT2D eigenvalue weighted by Gasteiger charge is 2.63. The molecule has 4 aliphatic rings. The lowest BCUT2D eigenvalue weighted by Crippen LogP contribution is -2.65. The van der Waals surface area contributed by atoms with Gasteiger partial charge in [0.1, 0.15) is 22.8 Å². The molecule has 9 N–H and O–H groups in total. The van der Waals surface area contributed by atoms with Gasteiger partial charge in [-0.05, 0) is 55.3 Å². The van der Waals surface area contributed by atoms with Gasteiger partial charge in [-0.1, -0.05) is 0 Å². The lowest BCUT2D eigenvalue weighted by Gasteiger charge is -2.48. The number of benzene rings is 1. The number of carbonyl (C=O) groups is 3. The molecular weight excluding hydrogens is 499 g/mol. The van der Waals surface area contributed by atoms with E-state index in [0.29, 0.717) is 19.4 Å². The van der Waals surface area contributed by atoms with Crippen LogP contribution in [0, 0.1) is 11.8 Å². The highest BCUT2D eigenvalue weighted by molar-refractivity contribution is 6.24. The molecule has 2 fully saturated rings. The fourth-order valence-electron chi connectivity index (χ4n) is 6.38. The summed E-state index contributed by atoms with van der Waals surface area (Å²) in [6.45, 7) is 0.489. The number of Topliss-reactive ketones (excluding diaryl/α,β-unsaturated/α-hetero) is 2. The minimum absolute atomic E-state index is 0.188. The first-order valence-corrected chi connectivity index (χ1v) is 11.6. The van der Waals surface area contributed by atoms with Gasteiger partial charge in [0.15, 0.2) is 11.4 Å². The third-order valence-corrected chi connectivity index (χ3v) is 8.00. The number of carbonyl (C=O) groups excluding carboxylic acids is 3. The number of aliphatic hydroxyl groups is 3. The molecule has 0 radical (unpaired) electrons. The Kier molecular flexibility index (Phi) is 5.48. The standard InChI is InChI=1S/C24H24F3N3O7/c25-24(26,27)16-8(11-2-1-3-30-11)6-12(31)14-9(16)4-7-5-10-17(28)19(33)15(22(29)36)21(35)23(10,37)20(34)13(7)18(14)32/h6-7,10-11,17,30-32,35,37H,1-5,28H2,(H2,29,36)/t7?,10-,11?,17-,23-/m0/s1. The summed E-state index contributed by atoms with van der Waals surface area (Å²) in [5, 5.41) is 46.6. The molecule has 5 rings (SSSR count). The van der Waals surface area contributed by atoms with E-state index in [0.717, 1.165) is 6.07 Å². The predicted octanol–water partition coefficient (Wildman–Crippen LogP) is 0.804. The van der Waals surface area contributed by atoms with Crippen molar-refractivity contribution in [3.63, 3.8) is 0 Å². The van der Waals surface area contributed by atoms with E-state index in [2.05, 4.69) is 5.32 Å². The number of phenols is 1. The van der Waals surface area contributed by atoms with Gasteiger partial charge in [-0.2, -0.15) is 13.2 Å². The monoisotopic (exact) mass is 523 g/mol. The summed E-state index contributed by atoms with van der Waals surface area (Å²) in [4.78, 5) is 37.9. The third-order valence-electron chi connectivity index (χ3n) is 8.00. The largest absolute Gasteiger partial charge is 0.508 e. The van der Waals surface area contributed by atoms with Crippen molar-refractivity contribution in [3.05, 3.63) is 45.2 Å². The zero-order valence-electron chi connectivity index (χ0n) is 19.2. The highest BCUT2D eigenvalue weighted by atomic mass is 19.4. The smallest absolute Gasteiger partial charge is 0.417 e. The van der Waals surface area contributed by atoms with Gasteiger partial charge in [0.05, 0.1) is 17.2 Å². The summed E-state index contributed by atoms with van der Waals surface area (Å²) in [5.41, 5.74) is 4.28. The van der Waals surface area contributed by atoms with Crippen LogP contribution in [0.1, 0.15) is 47.6 Å². The molecule has 0 bridgehead atoms. The fourth-order valence-corrected chi connectivity index (χ4v) is 6.38. The number of halogens is 3. The molecule has 2 unspecified atom stereocenters. The molecule has 1 saturated carbocycles. The lowest BCUT2D eigenvalue weighted by atomic mass is 9.57. The van der Waals surface area contributed by atoms with Crippen LogP contribution < -0.4 is 16.8 Å². The summed E-state index contributed by atoms with van der Waals surface area (Å²) < 4.78 is 43.2. The second kappa shape index (κ2) is 8.04. The molecule has 0 aromatic heterocycles. The van der Waals surface area contributed by atoms with Crippen molar-refractivity contribution in [1.29, 1.82) is 0 Å². The van der Waals surface area contributed by atoms with Crippen LogP contribution in [0.5, 0.6) is 5.75 Å². The Balaban J connectivity index is 1.75. The Labute approximate surface area is 207 Å². The van der Waals surface area contributed by atoms with E-state index < -0.39 is 105 Å². The molecule has 10 nitrogen and oxygen atoms in total. The van der Waals surface area contributed by atoms with Crippen molar-refractivity contribution in [2.24, 2.45) is 23.3 Å². The molecular formula is C24H24F3N3O7.